The van der Waals surface area contributed by atoms with E-state index in [1.807, 2.05) is 0 Å². The number of hydrogen-bond donors (Lipinski definition) is 1. The Morgan fingerprint density at radius 2 is 2.06 bits per heavy atom. The average Bonchev–Trinajstić information content (AvgIpc) is 2.16. The van der Waals surface area contributed by atoms with Crippen LogP contribution in [0.3, 0.4) is 0 Å². The zero-order chi connectivity index (χ0) is 12.3. The molecular formula is C10H14FNO3S. The minimum atomic E-state index is -3.58. The van der Waals surface area contributed by atoms with Crippen LogP contribution in [0.1, 0.15) is 5.56 Å². The van der Waals surface area contributed by atoms with Gasteiger partial charge in [-0.3, -0.25) is 0 Å². The molecule has 90 valence electrons. The van der Waals surface area contributed by atoms with Crippen molar-refractivity contribution in [3.63, 3.8) is 0 Å². The van der Waals surface area contributed by atoms with E-state index in [-0.39, 0.29) is 10.6 Å². The lowest BCUT2D eigenvalue weighted by Crippen LogP contribution is -2.08. The molecule has 0 aliphatic carbocycles. The molecule has 0 fully saturated rings. The summed E-state index contributed by atoms with van der Waals surface area (Å²) in [7, 11) is -2.29. The Morgan fingerprint density at radius 3 is 2.50 bits per heavy atom. The van der Waals surface area contributed by atoms with Crippen LogP contribution in [-0.4, -0.2) is 28.3 Å². The predicted octanol–water partition coefficient (Wildman–Crippen LogP) is 0.739. The summed E-state index contributed by atoms with van der Waals surface area (Å²) in [5.41, 5.74) is 5.93. The number of ether oxygens (including phenoxy) is 1. The van der Waals surface area contributed by atoms with Gasteiger partial charge in [0.1, 0.15) is 4.90 Å². The minimum absolute atomic E-state index is 0.0478. The summed E-state index contributed by atoms with van der Waals surface area (Å²) in [4.78, 5) is -0.356. The van der Waals surface area contributed by atoms with Crippen LogP contribution in [0, 0.1) is 5.82 Å². The van der Waals surface area contributed by atoms with E-state index in [0.717, 1.165) is 6.26 Å². The van der Waals surface area contributed by atoms with Crippen LogP contribution in [-0.2, 0) is 16.3 Å². The fourth-order valence-electron chi connectivity index (χ4n) is 1.44. The highest BCUT2D eigenvalue weighted by Crippen LogP contribution is 2.28. The van der Waals surface area contributed by atoms with Crippen molar-refractivity contribution in [1.82, 2.24) is 0 Å². The molecular weight excluding hydrogens is 233 g/mol. The van der Waals surface area contributed by atoms with Crippen molar-refractivity contribution in [1.29, 1.82) is 0 Å². The van der Waals surface area contributed by atoms with Crippen molar-refractivity contribution in [2.24, 2.45) is 5.73 Å². The number of rotatable bonds is 4. The normalized spacial score (nSPS) is 11.5. The lowest BCUT2D eigenvalue weighted by atomic mass is 10.1. The minimum Gasteiger partial charge on any atom is -0.493 e. The van der Waals surface area contributed by atoms with E-state index in [9.17, 15) is 12.8 Å². The maximum Gasteiger partial charge on any atom is 0.183 e. The fraction of sp³-hybridized carbons (Fsp3) is 0.400. The van der Waals surface area contributed by atoms with E-state index in [0.29, 0.717) is 18.5 Å². The summed E-state index contributed by atoms with van der Waals surface area (Å²) in [6, 6.07) is 2.75. The number of halogens is 1. The zero-order valence-electron chi connectivity index (χ0n) is 9.16. The van der Waals surface area contributed by atoms with Crippen LogP contribution in [0.25, 0.3) is 0 Å². The largest absolute Gasteiger partial charge is 0.493 e. The number of methoxy groups -OCH3 is 1. The maximum absolute atomic E-state index is 13.8. The summed E-state index contributed by atoms with van der Waals surface area (Å²) in [6.45, 7) is 0.341. The molecule has 16 heavy (non-hydrogen) atoms. The Morgan fingerprint density at radius 1 is 1.44 bits per heavy atom. The van der Waals surface area contributed by atoms with E-state index in [4.69, 9.17) is 10.5 Å². The van der Waals surface area contributed by atoms with Crippen LogP contribution in [0.4, 0.5) is 4.39 Å². The van der Waals surface area contributed by atoms with Crippen molar-refractivity contribution in [3.05, 3.63) is 23.5 Å². The second-order valence-electron chi connectivity index (χ2n) is 3.38. The molecule has 0 amide bonds. The van der Waals surface area contributed by atoms with Crippen molar-refractivity contribution < 1.29 is 17.5 Å². The molecule has 6 heteroatoms. The van der Waals surface area contributed by atoms with Crippen LogP contribution >= 0.6 is 0 Å². The third-order valence-electron chi connectivity index (χ3n) is 2.16. The maximum atomic E-state index is 13.8. The molecule has 0 radical (unpaired) electrons. The van der Waals surface area contributed by atoms with Crippen LogP contribution in [0.15, 0.2) is 17.0 Å². The predicted molar refractivity (Wildman–Crippen MR) is 58.8 cm³/mol. The third kappa shape index (κ3) is 2.51. The van der Waals surface area contributed by atoms with Crippen molar-refractivity contribution in [3.8, 4) is 5.75 Å². The molecule has 0 unspecified atom stereocenters. The average molecular weight is 247 g/mol. The summed E-state index contributed by atoms with van der Waals surface area (Å²) in [6.07, 6.45) is 1.39. The molecule has 0 aliphatic rings. The van der Waals surface area contributed by atoms with Crippen LogP contribution in [0.2, 0.25) is 0 Å². The van der Waals surface area contributed by atoms with Gasteiger partial charge in [0.25, 0.3) is 0 Å². The van der Waals surface area contributed by atoms with E-state index >= 15 is 0 Å². The first-order valence-electron chi connectivity index (χ1n) is 4.67. The van der Waals surface area contributed by atoms with Gasteiger partial charge in [-0.15, -0.1) is 0 Å². The smallest absolute Gasteiger partial charge is 0.183 e. The highest BCUT2D eigenvalue weighted by molar-refractivity contribution is 7.90. The standard InChI is InChI=1S/C10H14FNO3S/c1-15-10-7(5-6-12)3-4-8(9(10)11)16(2,13)14/h3-4H,5-6,12H2,1-2H3. The van der Waals surface area contributed by atoms with E-state index in [1.165, 1.54) is 19.2 Å². The molecule has 0 aromatic heterocycles. The number of benzene rings is 1. The molecule has 0 bridgehead atoms. The molecule has 1 rings (SSSR count). The summed E-state index contributed by atoms with van der Waals surface area (Å²) < 4.78 is 41.2. The molecule has 1 aromatic carbocycles. The van der Waals surface area contributed by atoms with Gasteiger partial charge in [0.05, 0.1) is 7.11 Å². The van der Waals surface area contributed by atoms with E-state index < -0.39 is 15.7 Å². The topological polar surface area (TPSA) is 69.4 Å². The Labute approximate surface area is 94.1 Å². The van der Waals surface area contributed by atoms with E-state index in [1.54, 1.807) is 0 Å². The Balaban J connectivity index is 3.40. The first kappa shape index (κ1) is 12.9. The Kier molecular flexibility index (Phi) is 3.88. The van der Waals surface area contributed by atoms with E-state index in [2.05, 4.69) is 0 Å². The quantitative estimate of drug-likeness (QED) is 0.852. The molecule has 1 aromatic rings. The second kappa shape index (κ2) is 4.80. The highest BCUT2D eigenvalue weighted by atomic mass is 32.2. The van der Waals surface area contributed by atoms with Gasteiger partial charge < -0.3 is 10.5 Å². The highest BCUT2D eigenvalue weighted by Gasteiger charge is 2.20. The molecule has 0 atom stereocenters. The van der Waals surface area contributed by atoms with Gasteiger partial charge in [0, 0.05) is 6.26 Å². The van der Waals surface area contributed by atoms with Gasteiger partial charge in [-0.2, -0.15) is 0 Å². The van der Waals surface area contributed by atoms with Crippen molar-refractivity contribution in [2.45, 2.75) is 11.3 Å². The van der Waals surface area contributed by atoms with Gasteiger partial charge >= 0.3 is 0 Å². The van der Waals surface area contributed by atoms with Crippen molar-refractivity contribution >= 4 is 9.84 Å². The first-order chi connectivity index (χ1) is 7.41. The third-order valence-corrected chi connectivity index (χ3v) is 3.27. The molecule has 0 saturated carbocycles. The summed E-state index contributed by atoms with van der Waals surface area (Å²) >= 11 is 0. The lowest BCUT2D eigenvalue weighted by molar-refractivity contribution is 0.375. The summed E-state index contributed by atoms with van der Waals surface area (Å²) in [5.74, 6) is -0.899. The first-order valence-corrected chi connectivity index (χ1v) is 6.56. The summed E-state index contributed by atoms with van der Waals surface area (Å²) in [5, 5.41) is 0. The van der Waals surface area contributed by atoms with Crippen LogP contribution in [0.5, 0.6) is 5.75 Å². The van der Waals surface area contributed by atoms with Gasteiger partial charge in [-0.1, -0.05) is 6.07 Å². The zero-order valence-corrected chi connectivity index (χ0v) is 9.97. The van der Waals surface area contributed by atoms with Gasteiger partial charge in [-0.25, -0.2) is 12.8 Å². The number of sulfone groups is 1. The molecule has 4 nitrogen and oxygen atoms in total. The molecule has 0 saturated heterocycles. The Bertz CT molecular complexity index is 485. The molecule has 0 aliphatic heterocycles. The number of hydrogen-bond acceptors (Lipinski definition) is 4. The monoisotopic (exact) mass is 247 g/mol. The SMILES string of the molecule is COc1c(CCN)ccc(S(C)(=O)=O)c1F. The lowest BCUT2D eigenvalue weighted by Gasteiger charge is -2.11. The second-order valence-corrected chi connectivity index (χ2v) is 5.37. The van der Waals surface area contributed by atoms with Gasteiger partial charge in [-0.05, 0) is 24.6 Å². The van der Waals surface area contributed by atoms with Gasteiger partial charge in [0.15, 0.2) is 21.4 Å². The Hall–Kier alpha value is -1.14. The van der Waals surface area contributed by atoms with Gasteiger partial charge in [0.2, 0.25) is 0 Å². The molecule has 0 heterocycles. The van der Waals surface area contributed by atoms with Crippen LogP contribution < -0.4 is 10.5 Å². The van der Waals surface area contributed by atoms with Crippen molar-refractivity contribution in [2.75, 3.05) is 19.9 Å². The fourth-order valence-corrected chi connectivity index (χ4v) is 2.17. The number of nitrogens with two attached hydrogens (primary N) is 1. The molecule has 2 N–H and O–H groups in total. The molecule has 0 spiro atoms.